The summed E-state index contributed by atoms with van der Waals surface area (Å²) in [5.41, 5.74) is 1.22. The van der Waals surface area contributed by atoms with Gasteiger partial charge in [0.2, 0.25) is 10.0 Å². The van der Waals surface area contributed by atoms with Crippen molar-refractivity contribution in [2.45, 2.75) is 24.7 Å². The van der Waals surface area contributed by atoms with Crippen molar-refractivity contribution in [3.63, 3.8) is 0 Å². The summed E-state index contributed by atoms with van der Waals surface area (Å²) in [6.07, 6.45) is 1.73. The third-order valence-electron chi connectivity index (χ3n) is 6.31. The second-order valence-electron chi connectivity index (χ2n) is 9.20. The molecule has 2 heterocycles. The lowest BCUT2D eigenvalue weighted by molar-refractivity contribution is 0.0985. The maximum Gasteiger partial charge on any atom is 0.260 e. The Morgan fingerprint density at radius 1 is 1.11 bits per heavy atom. The van der Waals surface area contributed by atoms with E-state index in [0.717, 1.165) is 28.8 Å². The minimum Gasteiger partial charge on any atom is -0.497 e. The Morgan fingerprint density at radius 2 is 1.80 bits per heavy atom. The Balaban J connectivity index is 1.60. The average molecular weight is 517 g/mol. The van der Waals surface area contributed by atoms with Crippen LogP contribution in [0.25, 0.3) is 10.2 Å². The third kappa shape index (κ3) is 5.66. The molecule has 1 aliphatic heterocycles. The minimum absolute atomic E-state index is 0.214. The Bertz CT molecular complexity index is 1280. The normalized spacial score (nSPS) is 15.6. The molecule has 0 aliphatic carbocycles. The number of carbonyl (C=O) groups is 1. The number of amides is 1. The van der Waals surface area contributed by atoms with E-state index >= 15 is 0 Å². The third-order valence-corrected chi connectivity index (χ3v) is 9.27. The van der Waals surface area contributed by atoms with Gasteiger partial charge in [-0.25, -0.2) is 13.4 Å². The first-order valence-corrected chi connectivity index (χ1v) is 14.0. The van der Waals surface area contributed by atoms with Crippen LogP contribution in [-0.4, -0.2) is 75.9 Å². The summed E-state index contributed by atoms with van der Waals surface area (Å²) in [7, 11) is 1.95. The number of ether oxygens (including phenoxy) is 1. The zero-order chi connectivity index (χ0) is 25.2. The van der Waals surface area contributed by atoms with Crippen LogP contribution >= 0.6 is 11.3 Å². The van der Waals surface area contributed by atoms with Crippen molar-refractivity contribution in [3.8, 4) is 5.75 Å². The number of carbonyl (C=O) groups excluding carboxylic acids is 1. The van der Waals surface area contributed by atoms with E-state index < -0.39 is 10.0 Å². The molecule has 1 aromatic heterocycles. The Labute approximate surface area is 211 Å². The van der Waals surface area contributed by atoms with Crippen molar-refractivity contribution in [1.82, 2.24) is 14.2 Å². The maximum atomic E-state index is 13.5. The van der Waals surface area contributed by atoms with Gasteiger partial charge >= 0.3 is 0 Å². The lowest BCUT2D eigenvalue weighted by Gasteiger charge is -2.29. The van der Waals surface area contributed by atoms with Crippen LogP contribution in [0.4, 0.5) is 5.13 Å². The van der Waals surface area contributed by atoms with Gasteiger partial charge in [0.15, 0.2) is 5.13 Å². The fourth-order valence-electron chi connectivity index (χ4n) is 4.02. The van der Waals surface area contributed by atoms with E-state index in [4.69, 9.17) is 4.74 Å². The summed E-state index contributed by atoms with van der Waals surface area (Å²) in [4.78, 5) is 22.1. The zero-order valence-corrected chi connectivity index (χ0v) is 22.2. The average Bonchev–Trinajstić information content (AvgIpc) is 3.27. The van der Waals surface area contributed by atoms with E-state index in [9.17, 15) is 13.2 Å². The van der Waals surface area contributed by atoms with Crippen LogP contribution in [0.2, 0.25) is 0 Å². The SMILES string of the molecule is COc1ccc2nc(N(CCN(C)C)C(=O)c3ccc(S(=O)(=O)N4CCC(C)CC4)cc3)sc2c1. The fraction of sp³-hybridized carbons (Fsp3) is 0.440. The van der Waals surface area contributed by atoms with E-state index in [1.54, 1.807) is 28.4 Å². The fourth-order valence-corrected chi connectivity index (χ4v) is 6.51. The monoisotopic (exact) mass is 516 g/mol. The van der Waals surface area contributed by atoms with Gasteiger partial charge in [-0.15, -0.1) is 0 Å². The molecular weight excluding hydrogens is 484 g/mol. The summed E-state index contributed by atoms with van der Waals surface area (Å²) in [6, 6.07) is 11.9. The van der Waals surface area contributed by atoms with Crippen LogP contribution in [0, 0.1) is 5.92 Å². The number of fused-ring (bicyclic) bond motifs is 1. The molecular formula is C25H32N4O4S2. The molecule has 0 radical (unpaired) electrons. The molecule has 3 aromatic rings. The van der Waals surface area contributed by atoms with Crippen LogP contribution < -0.4 is 9.64 Å². The van der Waals surface area contributed by atoms with Crippen LogP contribution in [0.5, 0.6) is 5.75 Å². The summed E-state index contributed by atoms with van der Waals surface area (Å²) in [5, 5.41) is 0.597. The number of hydrogen-bond donors (Lipinski definition) is 0. The van der Waals surface area contributed by atoms with Crippen molar-refractivity contribution < 1.29 is 17.9 Å². The molecule has 1 saturated heterocycles. The van der Waals surface area contributed by atoms with Crippen LogP contribution in [0.1, 0.15) is 30.1 Å². The van der Waals surface area contributed by atoms with Gasteiger partial charge in [0, 0.05) is 31.7 Å². The molecule has 1 amide bonds. The molecule has 0 bridgehead atoms. The number of piperidine rings is 1. The Kier molecular flexibility index (Phi) is 7.75. The highest BCUT2D eigenvalue weighted by atomic mass is 32.2. The predicted molar refractivity (Wildman–Crippen MR) is 140 cm³/mol. The number of likely N-dealkylation sites (N-methyl/N-ethyl adjacent to an activating group) is 1. The smallest absolute Gasteiger partial charge is 0.260 e. The molecule has 4 rings (SSSR count). The second-order valence-corrected chi connectivity index (χ2v) is 12.1. The van der Waals surface area contributed by atoms with Gasteiger partial charge in [0.1, 0.15) is 5.75 Å². The van der Waals surface area contributed by atoms with E-state index in [0.29, 0.717) is 42.8 Å². The van der Waals surface area contributed by atoms with E-state index in [-0.39, 0.29) is 10.8 Å². The van der Waals surface area contributed by atoms with Crippen molar-refractivity contribution >= 4 is 42.6 Å². The number of rotatable bonds is 8. The second kappa shape index (κ2) is 10.6. The highest BCUT2D eigenvalue weighted by molar-refractivity contribution is 7.89. The van der Waals surface area contributed by atoms with Crippen LogP contribution in [0.15, 0.2) is 47.4 Å². The number of hydrogen-bond acceptors (Lipinski definition) is 7. The molecule has 1 aliphatic rings. The topological polar surface area (TPSA) is 83.0 Å². The first-order valence-electron chi connectivity index (χ1n) is 11.7. The Morgan fingerprint density at radius 3 is 2.43 bits per heavy atom. The zero-order valence-electron chi connectivity index (χ0n) is 20.6. The quantitative estimate of drug-likeness (QED) is 0.451. The first kappa shape index (κ1) is 25.6. The van der Waals surface area contributed by atoms with Gasteiger partial charge in [0.25, 0.3) is 5.91 Å². The largest absolute Gasteiger partial charge is 0.497 e. The molecule has 0 spiro atoms. The summed E-state index contributed by atoms with van der Waals surface area (Å²) >= 11 is 1.43. The molecule has 188 valence electrons. The van der Waals surface area contributed by atoms with Crippen molar-refractivity contribution in [1.29, 1.82) is 0 Å². The van der Waals surface area contributed by atoms with Crippen LogP contribution in [-0.2, 0) is 10.0 Å². The molecule has 8 nitrogen and oxygen atoms in total. The van der Waals surface area contributed by atoms with Crippen molar-refractivity contribution in [2.24, 2.45) is 5.92 Å². The summed E-state index contributed by atoms with van der Waals surface area (Å²) < 4.78 is 33.9. The van der Waals surface area contributed by atoms with Gasteiger partial charge in [0.05, 0.1) is 22.2 Å². The van der Waals surface area contributed by atoms with Gasteiger partial charge in [-0.05, 0) is 75.3 Å². The highest BCUT2D eigenvalue weighted by Gasteiger charge is 2.29. The predicted octanol–water partition coefficient (Wildman–Crippen LogP) is 3.93. The maximum absolute atomic E-state index is 13.5. The van der Waals surface area contributed by atoms with E-state index in [2.05, 4.69) is 11.9 Å². The van der Waals surface area contributed by atoms with Gasteiger partial charge in [-0.2, -0.15) is 4.31 Å². The number of nitrogens with zero attached hydrogens (tertiary/aromatic N) is 4. The number of thiazole rings is 1. The molecule has 1 fully saturated rings. The standard InChI is InChI=1S/C25H32N4O4S2/c1-18-11-13-28(14-12-18)35(31,32)21-8-5-19(6-9-21)24(30)29(16-15-27(2)3)25-26-22-10-7-20(33-4)17-23(22)34-25/h5-10,17-18H,11-16H2,1-4H3. The number of anilines is 1. The molecule has 2 aromatic carbocycles. The van der Waals surface area contributed by atoms with Gasteiger partial charge in [-0.3, -0.25) is 9.69 Å². The van der Waals surface area contributed by atoms with Crippen LogP contribution in [0.3, 0.4) is 0 Å². The molecule has 35 heavy (non-hydrogen) atoms. The number of sulfonamides is 1. The van der Waals surface area contributed by atoms with Gasteiger partial charge < -0.3 is 9.64 Å². The molecule has 10 heteroatoms. The minimum atomic E-state index is -3.57. The number of benzene rings is 2. The van der Waals surface area contributed by atoms with Crippen molar-refractivity contribution in [2.75, 3.05) is 52.3 Å². The van der Waals surface area contributed by atoms with Gasteiger partial charge in [-0.1, -0.05) is 18.3 Å². The van der Waals surface area contributed by atoms with E-state index in [1.807, 2.05) is 37.2 Å². The first-order chi connectivity index (χ1) is 16.7. The lowest BCUT2D eigenvalue weighted by Crippen LogP contribution is -2.38. The lowest BCUT2D eigenvalue weighted by atomic mass is 10.0. The Hall–Kier alpha value is -2.53. The summed E-state index contributed by atoms with van der Waals surface area (Å²) in [5.74, 6) is 1.06. The number of methoxy groups -OCH3 is 1. The molecule has 0 N–H and O–H groups in total. The molecule has 0 atom stereocenters. The highest BCUT2D eigenvalue weighted by Crippen LogP contribution is 2.32. The molecule has 0 unspecified atom stereocenters. The van der Waals surface area contributed by atoms with Crippen molar-refractivity contribution in [3.05, 3.63) is 48.0 Å². The van der Waals surface area contributed by atoms with E-state index in [1.165, 1.54) is 23.5 Å². The summed E-state index contributed by atoms with van der Waals surface area (Å²) in [6.45, 7) is 4.32. The molecule has 0 saturated carbocycles. The number of aromatic nitrogens is 1.